The molecule has 0 saturated carbocycles. The van der Waals surface area contributed by atoms with Crippen LogP contribution in [0.1, 0.15) is 26.2 Å². The molecule has 0 aromatic carbocycles. The van der Waals surface area contributed by atoms with Crippen LogP contribution in [0.25, 0.3) is 0 Å². The third-order valence-electron chi connectivity index (χ3n) is 2.11. The number of amides is 1. The van der Waals surface area contributed by atoms with E-state index >= 15 is 0 Å². The number of hydrogen-bond acceptors (Lipinski definition) is 3. The van der Waals surface area contributed by atoms with Crippen molar-refractivity contribution in [3.8, 4) is 0 Å². The second-order valence-electron chi connectivity index (χ2n) is 3.31. The van der Waals surface area contributed by atoms with Gasteiger partial charge in [-0.25, -0.2) is 0 Å². The molecule has 0 spiro atoms. The van der Waals surface area contributed by atoms with Crippen molar-refractivity contribution < 1.29 is 14.3 Å². The van der Waals surface area contributed by atoms with Gasteiger partial charge in [0.2, 0.25) is 5.91 Å². The summed E-state index contributed by atoms with van der Waals surface area (Å²) in [5.74, 6) is -0.271. The van der Waals surface area contributed by atoms with Gasteiger partial charge >= 0.3 is 5.97 Å². The van der Waals surface area contributed by atoms with Gasteiger partial charge in [0.15, 0.2) is 0 Å². The van der Waals surface area contributed by atoms with E-state index in [9.17, 15) is 9.59 Å². The average molecular weight is 185 g/mol. The summed E-state index contributed by atoms with van der Waals surface area (Å²) in [5, 5.41) is 2.76. The molecule has 4 nitrogen and oxygen atoms in total. The summed E-state index contributed by atoms with van der Waals surface area (Å²) in [6, 6.07) is 0. The Kier molecular flexibility index (Phi) is 3.73. The molecule has 0 aliphatic carbocycles. The van der Waals surface area contributed by atoms with E-state index in [4.69, 9.17) is 4.74 Å². The molecule has 1 saturated heterocycles. The maximum atomic E-state index is 11.2. The van der Waals surface area contributed by atoms with E-state index in [0.29, 0.717) is 6.54 Å². The highest BCUT2D eigenvalue weighted by Gasteiger charge is 2.15. The zero-order valence-electron chi connectivity index (χ0n) is 7.84. The monoisotopic (exact) mass is 185 g/mol. The highest BCUT2D eigenvalue weighted by atomic mass is 16.5. The molecule has 1 aliphatic heterocycles. The highest BCUT2D eigenvalue weighted by molar-refractivity contribution is 5.77. The lowest BCUT2D eigenvalue weighted by molar-refractivity contribution is -0.149. The fraction of sp³-hybridized carbons (Fsp3) is 0.778. The quantitative estimate of drug-likeness (QED) is 0.558. The summed E-state index contributed by atoms with van der Waals surface area (Å²) >= 11 is 0. The number of esters is 1. The first-order valence-electron chi connectivity index (χ1n) is 4.63. The van der Waals surface area contributed by atoms with Gasteiger partial charge < -0.3 is 10.1 Å². The molecule has 0 bridgehead atoms. The molecule has 0 aromatic rings. The van der Waals surface area contributed by atoms with E-state index in [1.54, 1.807) is 0 Å². The van der Waals surface area contributed by atoms with Crippen molar-refractivity contribution in [2.45, 2.75) is 26.2 Å². The number of rotatable bonds is 0. The van der Waals surface area contributed by atoms with Crippen LogP contribution in [-0.4, -0.2) is 25.0 Å². The molecular formula is C9H15NO3. The molecule has 1 amide bonds. The maximum Gasteiger partial charge on any atom is 0.308 e. The Hall–Kier alpha value is -1.06. The SMILES string of the molecule is CC1CCCNC(=O)CCOC1=O. The summed E-state index contributed by atoms with van der Waals surface area (Å²) in [6.07, 6.45) is 1.89. The second-order valence-corrected chi connectivity index (χ2v) is 3.31. The second kappa shape index (κ2) is 4.84. The van der Waals surface area contributed by atoms with E-state index < -0.39 is 0 Å². The van der Waals surface area contributed by atoms with Gasteiger partial charge in [-0.3, -0.25) is 9.59 Å². The minimum atomic E-state index is -0.185. The predicted octanol–water partition coefficient (Wildman–Crippen LogP) is 0.466. The van der Waals surface area contributed by atoms with Crippen LogP contribution in [0.3, 0.4) is 0 Å². The Labute approximate surface area is 77.6 Å². The van der Waals surface area contributed by atoms with Crippen LogP contribution in [0.15, 0.2) is 0 Å². The van der Waals surface area contributed by atoms with Gasteiger partial charge in [-0.15, -0.1) is 0 Å². The number of nitrogens with one attached hydrogen (secondary N) is 1. The lowest BCUT2D eigenvalue weighted by atomic mass is 10.1. The predicted molar refractivity (Wildman–Crippen MR) is 47.0 cm³/mol. The van der Waals surface area contributed by atoms with Crippen molar-refractivity contribution in [3.05, 3.63) is 0 Å². The maximum absolute atomic E-state index is 11.2. The fourth-order valence-corrected chi connectivity index (χ4v) is 1.23. The molecule has 1 atom stereocenters. The van der Waals surface area contributed by atoms with Crippen molar-refractivity contribution >= 4 is 11.9 Å². The molecular weight excluding hydrogens is 170 g/mol. The molecule has 1 fully saturated rings. The van der Waals surface area contributed by atoms with Crippen LogP contribution >= 0.6 is 0 Å². The Morgan fingerprint density at radius 3 is 3.00 bits per heavy atom. The molecule has 0 aromatic heterocycles. The number of hydrogen-bond donors (Lipinski definition) is 1. The molecule has 13 heavy (non-hydrogen) atoms. The summed E-state index contributed by atoms with van der Waals surface area (Å²) in [5.41, 5.74) is 0. The summed E-state index contributed by atoms with van der Waals surface area (Å²) in [6.45, 7) is 2.72. The zero-order chi connectivity index (χ0) is 9.68. The number of carbonyl (C=O) groups is 2. The first-order valence-corrected chi connectivity index (χ1v) is 4.63. The first-order chi connectivity index (χ1) is 6.20. The van der Waals surface area contributed by atoms with E-state index in [1.807, 2.05) is 6.92 Å². The number of carbonyl (C=O) groups excluding carboxylic acids is 2. The van der Waals surface area contributed by atoms with Crippen LogP contribution in [0.5, 0.6) is 0 Å². The smallest absolute Gasteiger partial charge is 0.308 e. The molecule has 0 radical (unpaired) electrons. The Balaban J connectivity index is 2.41. The first kappa shape index (κ1) is 10.0. The minimum absolute atomic E-state index is 0.0395. The van der Waals surface area contributed by atoms with Gasteiger partial charge in [-0.2, -0.15) is 0 Å². The lowest BCUT2D eigenvalue weighted by Crippen LogP contribution is -2.29. The normalized spacial score (nSPS) is 26.1. The van der Waals surface area contributed by atoms with Crippen LogP contribution in [0, 0.1) is 5.92 Å². The molecule has 1 heterocycles. The van der Waals surface area contributed by atoms with Gasteiger partial charge in [0.05, 0.1) is 12.3 Å². The van der Waals surface area contributed by atoms with E-state index in [1.165, 1.54) is 0 Å². The van der Waals surface area contributed by atoms with E-state index in [0.717, 1.165) is 12.8 Å². The molecule has 74 valence electrons. The van der Waals surface area contributed by atoms with E-state index in [2.05, 4.69) is 5.32 Å². The van der Waals surface area contributed by atoms with Crippen molar-refractivity contribution in [3.63, 3.8) is 0 Å². The summed E-state index contributed by atoms with van der Waals surface area (Å²) < 4.78 is 4.90. The third kappa shape index (κ3) is 3.44. The number of ether oxygens (including phenoxy) is 1. The average Bonchev–Trinajstić information content (AvgIpc) is 2.11. The molecule has 1 unspecified atom stereocenters. The van der Waals surface area contributed by atoms with Crippen LogP contribution < -0.4 is 5.32 Å². The van der Waals surface area contributed by atoms with Gasteiger partial charge in [0.25, 0.3) is 0 Å². The van der Waals surface area contributed by atoms with Crippen molar-refractivity contribution in [1.29, 1.82) is 0 Å². The van der Waals surface area contributed by atoms with Gasteiger partial charge in [-0.05, 0) is 12.8 Å². The summed E-state index contributed by atoms with van der Waals surface area (Å²) in [4.78, 5) is 22.2. The van der Waals surface area contributed by atoms with Gasteiger partial charge in [0, 0.05) is 6.54 Å². The highest BCUT2D eigenvalue weighted by Crippen LogP contribution is 2.08. The van der Waals surface area contributed by atoms with Crippen LogP contribution in [-0.2, 0) is 14.3 Å². The van der Waals surface area contributed by atoms with Crippen molar-refractivity contribution in [2.24, 2.45) is 5.92 Å². The standard InChI is InChI=1S/C9H15NO3/c1-7-3-2-5-10-8(11)4-6-13-9(7)12/h7H,2-6H2,1H3,(H,10,11). The number of cyclic esters (lactones) is 1. The lowest BCUT2D eigenvalue weighted by Gasteiger charge is -2.14. The van der Waals surface area contributed by atoms with Crippen LogP contribution in [0.2, 0.25) is 0 Å². The van der Waals surface area contributed by atoms with E-state index in [-0.39, 0.29) is 30.8 Å². The molecule has 1 N–H and O–H groups in total. The largest absolute Gasteiger partial charge is 0.465 e. The summed E-state index contributed by atoms with van der Waals surface area (Å²) in [7, 11) is 0. The zero-order valence-corrected chi connectivity index (χ0v) is 7.84. The molecule has 1 rings (SSSR count). The van der Waals surface area contributed by atoms with Gasteiger partial charge in [0.1, 0.15) is 6.61 Å². The fourth-order valence-electron chi connectivity index (χ4n) is 1.23. The van der Waals surface area contributed by atoms with Crippen molar-refractivity contribution in [2.75, 3.05) is 13.2 Å². The van der Waals surface area contributed by atoms with Crippen molar-refractivity contribution in [1.82, 2.24) is 5.32 Å². The Morgan fingerprint density at radius 2 is 2.23 bits per heavy atom. The van der Waals surface area contributed by atoms with Crippen LogP contribution in [0.4, 0.5) is 0 Å². The Morgan fingerprint density at radius 1 is 1.46 bits per heavy atom. The third-order valence-corrected chi connectivity index (χ3v) is 2.11. The molecule has 1 aliphatic rings. The minimum Gasteiger partial charge on any atom is -0.465 e. The van der Waals surface area contributed by atoms with Gasteiger partial charge in [-0.1, -0.05) is 6.92 Å². The Bertz CT molecular complexity index is 203. The topological polar surface area (TPSA) is 55.4 Å². The molecule has 4 heteroatoms.